The van der Waals surface area contributed by atoms with Crippen LogP contribution in [0.2, 0.25) is 0 Å². The van der Waals surface area contributed by atoms with Crippen molar-refractivity contribution in [2.75, 3.05) is 18.5 Å². The number of halogens is 2. The van der Waals surface area contributed by atoms with Crippen molar-refractivity contribution < 1.29 is 18.7 Å². The first-order valence-electron chi connectivity index (χ1n) is 8.84. The Hall–Kier alpha value is -2.67. The van der Waals surface area contributed by atoms with Crippen molar-refractivity contribution in [1.82, 2.24) is 4.90 Å². The van der Waals surface area contributed by atoms with Crippen molar-refractivity contribution in [3.63, 3.8) is 0 Å². The van der Waals surface area contributed by atoms with Crippen LogP contribution in [0.5, 0.6) is 5.75 Å². The zero-order valence-electron chi connectivity index (χ0n) is 15.2. The summed E-state index contributed by atoms with van der Waals surface area (Å²) in [7, 11) is 0. The van der Waals surface area contributed by atoms with E-state index in [1.807, 2.05) is 6.07 Å². The summed E-state index contributed by atoms with van der Waals surface area (Å²) in [6.45, 7) is 3.90. The van der Waals surface area contributed by atoms with E-state index in [0.29, 0.717) is 24.2 Å². The van der Waals surface area contributed by atoms with Gasteiger partial charge in [-0.25, -0.2) is 4.39 Å². The lowest BCUT2D eigenvalue weighted by Gasteiger charge is -2.22. The Kier molecular flexibility index (Phi) is 6.46. The number of amides is 2. The van der Waals surface area contributed by atoms with Crippen LogP contribution in [0.3, 0.4) is 0 Å². The lowest BCUT2D eigenvalue weighted by atomic mass is 10.0. The number of hydrogen-bond donors (Lipinski definition) is 1. The molecule has 1 aliphatic rings. The third-order valence-corrected chi connectivity index (χ3v) is 4.90. The molecule has 0 atom stereocenters. The molecular weight excluding hydrogens is 427 g/mol. The Morgan fingerprint density at radius 1 is 1.29 bits per heavy atom. The van der Waals surface area contributed by atoms with Crippen LogP contribution in [0.4, 0.5) is 10.1 Å². The van der Waals surface area contributed by atoms with E-state index < -0.39 is 0 Å². The molecule has 0 aliphatic carbocycles. The molecule has 2 aromatic rings. The Balaban J connectivity index is 1.65. The highest BCUT2D eigenvalue weighted by Gasteiger charge is 2.18. The second-order valence-corrected chi connectivity index (χ2v) is 7.37. The molecule has 0 aromatic heterocycles. The lowest BCUT2D eigenvalue weighted by Crippen LogP contribution is -2.35. The lowest BCUT2D eigenvalue weighted by molar-refractivity contribution is -0.133. The molecule has 0 fully saturated rings. The minimum Gasteiger partial charge on any atom is -0.484 e. The topological polar surface area (TPSA) is 58.6 Å². The number of hydrogen-bond acceptors (Lipinski definition) is 3. The van der Waals surface area contributed by atoms with Gasteiger partial charge in [0.1, 0.15) is 11.6 Å². The first-order valence-corrected chi connectivity index (χ1v) is 9.63. The average Bonchev–Trinajstić information content (AvgIpc) is 2.68. The molecule has 146 valence electrons. The molecule has 1 aliphatic heterocycles. The zero-order valence-corrected chi connectivity index (χ0v) is 16.8. The van der Waals surface area contributed by atoms with Gasteiger partial charge in [0.05, 0.1) is 0 Å². The van der Waals surface area contributed by atoms with Crippen LogP contribution in [0.25, 0.3) is 0 Å². The molecule has 5 nitrogen and oxygen atoms in total. The predicted molar refractivity (Wildman–Crippen MR) is 109 cm³/mol. The summed E-state index contributed by atoms with van der Waals surface area (Å²) < 4.78 is 20.4. The summed E-state index contributed by atoms with van der Waals surface area (Å²) in [6, 6.07) is 9.93. The average molecular weight is 447 g/mol. The molecule has 0 saturated carbocycles. The smallest absolute Gasteiger partial charge is 0.261 e. The Morgan fingerprint density at radius 2 is 2.11 bits per heavy atom. The van der Waals surface area contributed by atoms with Crippen LogP contribution in [-0.4, -0.2) is 29.9 Å². The van der Waals surface area contributed by atoms with Gasteiger partial charge < -0.3 is 15.0 Å². The molecule has 1 N–H and O–H groups in total. The van der Waals surface area contributed by atoms with Gasteiger partial charge in [0.2, 0.25) is 5.91 Å². The molecule has 0 spiro atoms. The minimum absolute atomic E-state index is 0.00352. The molecule has 0 saturated heterocycles. The van der Waals surface area contributed by atoms with Gasteiger partial charge in [0.15, 0.2) is 6.61 Å². The van der Waals surface area contributed by atoms with E-state index in [-0.39, 0.29) is 37.3 Å². The number of benzene rings is 2. The Morgan fingerprint density at radius 3 is 2.89 bits per heavy atom. The first-order chi connectivity index (χ1) is 13.5. The van der Waals surface area contributed by atoms with Gasteiger partial charge in [0.25, 0.3) is 5.91 Å². The van der Waals surface area contributed by atoms with Gasteiger partial charge in [0, 0.05) is 35.2 Å². The van der Waals surface area contributed by atoms with E-state index in [1.54, 1.807) is 30.3 Å². The monoisotopic (exact) mass is 446 g/mol. The number of rotatable bonds is 7. The predicted octanol–water partition coefficient (Wildman–Crippen LogP) is 4.07. The standard InChI is InChI=1S/C21H20BrFN2O3/c1-2-9-25(12-15-10-16(22)4-6-18(15)23)21(27)13-28-17-5-7-19-14(11-17)3-8-20(26)24-19/h2,4-7,10-11H,1,3,8-9,12-13H2,(H,24,26). The van der Waals surface area contributed by atoms with Crippen molar-refractivity contribution in [2.45, 2.75) is 19.4 Å². The number of carbonyl (C=O) groups excluding carboxylic acids is 2. The number of nitrogens with one attached hydrogen (secondary N) is 1. The summed E-state index contributed by atoms with van der Waals surface area (Å²) in [5, 5.41) is 2.80. The highest BCUT2D eigenvalue weighted by Crippen LogP contribution is 2.27. The second kappa shape index (κ2) is 9.01. The summed E-state index contributed by atoms with van der Waals surface area (Å²) in [6.07, 6.45) is 2.66. The van der Waals surface area contributed by atoms with Crippen LogP contribution in [0, 0.1) is 5.82 Å². The fourth-order valence-electron chi connectivity index (χ4n) is 2.97. The third kappa shape index (κ3) is 4.98. The normalized spacial score (nSPS) is 12.7. The SMILES string of the molecule is C=CCN(Cc1cc(Br)ccc1F)C(=O)COc1ccc2c(c1)CCC(=O)N2. The molecule has 7 heteroatoms. The molecule has 28 heavy (non-hydrogen) atoms. The van der Waals surface area contributed by atoms with Crippen LogP contribution in [0.1, 0.15) is 17.5 Å². The highest BCUT2D eigenvalue weighted by atomic mass is 79.9. The van der Waals surface area contributed by atoms with Crippen molar-refractivity contribution in [2.24, 2.45) is 0 Å². The highest BCUT2D eigenvalue weighted by molar-refractivity contribution is 9.10. The second-order valence-electron chi connectivity index (χ2n) is 6.45. The van der Waals surface area contributed by atoms with Crippen LogP contribution in [-0.2, 0) is 22.6 Å². The molecule has 0 radical (unpaired) electrons. The van der Waals surface area contributed by atoms with Gasteiger partial charge in [-0.3, -0.25) is 9.59 Å². The van der Waals surface area contributed by atoms with E-state index in [9.17, 15) is 14.0 Å². The van der Waals surface area contributed by atoms with E-state index in [2.05, 4.69) is 27.8 Å². The molecule has 0 bridgehead atoms. The molecule has 1 heterocycles. The fraction of sp³-hybridized carbons (Fsp3) is 0.238. The number of nitrogens with zero attached hydrogens (tertiary/aromatic N) is 1. The number of anilines is 1. The van der Waals surface area contributed by atoms with Gasteiger partial charge in [-0.1, -0.05) is 22.0 Å². The molecule has 2 aromatic carbocycles. The van der Waals surface area contributed by atoms with Crippen LogP contribution >= 0.6 is 15.9 Å². The molecular formula is C21H20BrFN2O3. The maximum Gasteiger partial charge on any atom is 0.261 e. The van der Waals surface area contributed by atoms with E-state index in [0.717, 1.165) is 15.7 Å². The van der Waals surface area contributed by atoms with Gasteiger partial charge >= 0.3 is 0 Å². The van der Waals surface area contributed by atoms with Crippen LogP contribution < -0.4 is 10.1 Å². The number of aryl methyl sites for hydroxylation is 1. The Bertz CT molecular complexity index is 917. The van der Waals surface area contributed by atoms with E-state index in [4.69, 9.17) is 4.74 Å². The zero-order chi connectivity index (χ0) is 20.1. The third-order valence-electron chi connectivity index (χ3n) is 4.41. The van der Waals surface area contributed by atoms with Crippen molar-refractivity contribution in [3.05, 3.63) is 70.5 Å². The van der Waals surface area contributed by atoms with Crippen molar-refractivity contribution in [3.8, 4) is 5.75 Å². The largest absolute Gasteiger partial charge is 0.484 e. The van der Waals surface area contributed by atoms with Crippen molar-refractivity contribution in [1.29, 1.82) is 0 Å². The number of fused-ring (bicyclic) bond motifs is 1. The summed E-state index contributed by atoms with van der Waals surface area (Å²) in [5.74, 6) is -0.0975. The fourth-order valence-corrected chi connectivity index (χ4v) is 3.37. The van der Waals surface area contributed by atoms with Crippen molar-refractivity contribution >= 4 is 33.4 Å². The summed E-state index contributed by atoms with van der Waals surface area (Å²) in [5.41, 5.74) is 2.16. The number of ether oxygens (including phenoxy) is 1. The summed E-state index contributed by atoms with van der Waals surface area (Å²) >= 11 is 3.32. The quantitative estimate of drug-likeness (QED) is 0.652. The maximum absolute atomic E-state index is 14.0. The molecule has 3 rings (SSSR count). The van der Waals surface area contributed by atoms with E-state index >= 15 is 0 Å². The molecule has 0 unspecified atom stereocenters. The van der Waals surface area contributed by atoms with E-state index in [1.165, 1.54) is 11.0 Å². The minimum atomic E-state index is -0.372. The number of carbonyl (C=O) groups is 2. The maximum atomic E-state index is 14.0. The van der Waals surface area contributed by atoms with Crippen LogP contribution in [0.15, 0.2) is 53.5 Å². The van der Waals surface area contributed by atoms with Gasteiger partial charge in [-0.2, -0.15) is 0 Å². The summed E-state index contributed by atoms with van der Waals surface area (Å²) in [4.78, 5) is 25.5. The van der Waals surface area contributed by atoms with Gasteiger partial charge in [-0.15, -0.1) is 6.58 Å². The van der Waals surface area contributed by atoms with Gasteiger partial charge in [-0.05, 0) is 48.4 Å². The Labute approximate surface area is 171 Å². The molecule has 2 amide bonds. The first kappa shape index (κ1) is 20.1.